The highest BCUT2D eigenvalue weighted by molar-refractivity contribution is 5.70. The minimum atomic E-state index is -1.13. The molecule has 0 unspecified atom stereocenters. The number of ether oxygens (including phenoxy) is 2. The van der Waals surface area contributed by atoms with Crippen molar-refractivity contribution in [1.82, 2.24) is 10.2 Å². The van der Waals surface area contributed by atoms with Crippen LogP contribution in [-0.4, -0.2) is 59.6 Å². The molecule has 1 fully saturated rings. The van der Waals surface area contributed by atoms with Gasteiger partial charge in [-0.1, -0.05) is 12.7 Å². The molecule has 0 aromatic heterocycles. The standard InChI is InChI=1S/C13H22N2O5/c1-5-6-19-10(16)14-7-13(18)8-15(9-13)11(17)20-12(2,3)4/h5,18H,1,6-9H2,2-4H3,(H,14,16). The minimum absolute atomic E-state index is 0.0161. The van der Waals surface area contributed by atoms with Crippen molar-refractivity contribution in [2.24, 2.45) is 0 Å². The first-order chi connectivity index (χ1) is 9.15. The molecule has 1 aliphatic rings. The molecule has 1 aliphatic heterocycles. The Labute approximate surface area is 118 Å². The molecule has 1 heterocycles. The van der Waals surface area contributed by atoms with Gasteiger partial charge in [-0.3, -0.25) is 0 Å². The van der Waals surface area contributed by atoms with Crippen molar-refractivity contribution in [1.29, 1.82) is 0 Å². The van der Waals surface area contributed by atoms with E-state index in [1.54, 1.807) is 20.8 Å². The summed E-state index contributed by atoms with van der Waals surface area (Å²) in [6, 6.07) is 0. The maximum absolute atomic E-state index is 11.7. The van der Waals surface area contributed by atoms with Crippen LogP contribution in [0.1, 0.15) is 20.8 Å². The number of alkyl carbamates (subject to hydrolysis) is 1. The largest absolute Gasteiger partial charge is 0.445 e. The first-order valence-corrected chi connectivity index (χ1v) is 6.37. The summed E-state index contributed by atoms with van der Waals surface area (Å²) < 4.78 is 9.88. The predicted octanol–water partition coefficient (Wildman–Crippen LogP) is 0.880. The van der Waals surface area contributed by atoms with Crippen LogP contribution in [0.4, 0.5) is 9.59 Å². The zero-order valence-electron chi connectivity index (χ0n) is 12.1. The summed E-state index contributed by atoms with van der Waals surface area (Å²) in [5, 5.41) is 12.5. The Morgan fingerprint density at radius 3 is 2.55 bits per heavy atom. The quantitative estimate of drug-likeness (QED) is 0.749. The van der Waals surface area contributed by atoms with Gasteiger partial charge >= 0.3 is 12.2 Å². The van der Waals surface area contributed by atoms with Crippen LogP contribution in [0, 0.1) is 0 Å². The van der Waals surface area contributed by atoms with Crippen LogP contribution in [0.3, 0.4) is 0 Å². The van der Waals surface area contributed by atoms with Gasteiger partial charge in [0, 0.05) is 0 Å². The number of rotatable bonds is 4. The molecule has 0 aromatic carbocycles. The number of nitrogens with one attached hydrogen (secondary N) is 1. The summed E-state index contributed by atoms with van der Waals surface area (Å²) >= 11 is 0. The van der Waals surface area contributed by atoms with Gasteiger partial charge in [0.05, 0.1) is 19.6 Å². The molecule has 0 aliphatic carbocycles. The molecule has 20 heavy (non-hydrogen) atoms. The highest BCUT2D eigenvalue weighted by Crippen LogP contribution is 2.22. The predicted molar refractivity (Wildman–Crippen MR) is 72.3 cm³/mol. The van der Waals surface area contributed by atoms with Crippen molar-refractivity contribution in [3.63, 3.8) is 0 Å². The SMILES string of the molecule is C=CCOC(=O)NCC1(O)CN(C(=O)OC(C)(C)C)C1. The van der Waals surface area contributed by atoms with E-state index in [0.29, 0.717) is 0 Å². The normalized spacial score (nSPS) is 16.9. The Kier molecular flexibility index (Phi) is 4.99. The maximum Gasteiger partial charge on any atom is 0.410 e. The molecular weight excluding hydrogens is 264 g/mol. The van der Waals surface area contributed by atoms with Crippen LogP contribution in [0.2, 0.25) is 0 Å². The van der Waals surface area contributed by atoms with Crippen LogP contribution in [0.25, 0.3) is 0 Å². The zero-order chi connectivity index (χ0) is 15.4. The van der Waals surface area contributed by atoms with Gasteiger partial charge in [-0.05, 0) is 20.8 Å². The van der Waals surface area contributed by atoms with E-state index in [4.69, 9.17) is 9.47 Å². The van der Waals surface area contributed by atoms with Crippen molar-refractivity contribution in [2.75, 3.05) is 26.2 Å². The third kappa shape index (κ3) is 5.08. The van der Waals surface area contributed by atoms with E-state index < -0.39 is 23.4 Å². The summed E-state index contributed by atoms with van der Waals surface area (Å²) in [5.74, 6) is 0. The smallest absolute Gasteiger partial charge is 0.410 e. The lowest BCUT2D eigenvalue weighted by Gasteiger charge is -2.46. The summed E-state index contributed by atoms with van der Waals surface area (Å²) in [5.41, 5.74) is -1.71. The van der Waals surface area contributed by atoms with Gasteiger partial charge in [-0.2, -0.15) is 0 Å². The molecule has 0 saturated carbocycles. The van der Waals surface area contributed by atoms with Gasteiger partial charge in [0.25, 0.3) is 0 Å². The van der Waals surface area contributed by atoms with Crippen molar-refractivity contribution < 1.29 is 24.2 Å². The van der Waals surface area contributed by atoms with Gasteiger partial charge in [0.15, 0.2) is 0 Å². The molecule has 0 radical (unpaired) electrons. The lowest BCUT2D eigenvalue weighted by atomic mass is 9.95. The third-order valence-corrected chi connectivity index (χ3v) is 2.52. The van der Waals surface area contributed by atoms with Crippen LogP contribution in [0.5, 0.6) is 0 Å². The van der Waals surface area contributed by atoms with Gasteiger partial charge in [-0.25, -0.2) is 9.59 Å². The summed E-state index contributed by atoms with van der Waals surface area (Å²) in [6.07, 6.45) is 0.340. The molecule has 1 saturated heterocycles. The van der Waals surface area contributed by atoms with Crippen LogP contribution in [0.15, 0.2) is 12.7 Å². The van der Waals surface area contributed by atoms with Crippen molar-refractivity contribution in [3.8, 4) is 0 Å². The van der Waals surface area contributed by atoms with E-state index >= 15 is 0 Å². The second-order valence-corrected chi connectivity index (χ2v) is 5.80. The van der Waals surface area contributed by atoms with E-state index in [-0.39, 0.29) is 26.2 Å². The molecule has 7 nitrogen and oxygen atoms in total. The molecule has 0 spiro atoms. The van der Waals surface area contributed by atoms with Gasteiger partial charge in [-0.15, -0.1) is 0 Å². The lowest BCUT2D eigenvalue weighted by Crippen LogP contribution is -2.68. The second-order valence-electron chi connectivity index (χ2n) is 5.80. The molecule has 114 valence electrons. The molecule has 2 N–H and O–H groups in total. The number of hydrogen-bond donors (Lipinski definition) is 2. The van der Waals surface area contributed by atoms with Crippen molar-refractivity contribution in [3.05, 3.63) is 12.7 Å². The number of carbonyl (C=O) groups is 2. The number of nitrogens with zero attached hydrogens (tertiary/aromatic N) is 1. The van der Waals surface area contributed by atoms with Gasteiger partial charge in [0.2, 0.25) is 0 Å². The van der Waals surface area contributed by atoms with Crippen molar-refractivity contribution >= 4 is 12.2 Å². The number of amides is 2. The van der Waals surface area contributed by atoms with E-state index in [1.165, 1.54) is 11.0 Å². The summed E-state index contributed by atoms with van der Waals surface area (Å²) in [7, 11) is 0. The third-order valence-electron chi connectivity index (χ3n) is 2.52. The second kappa shape index (κ2) is 6.13. The molecule has 1 rings (SSSR count). The highest BCUT2D eigenvalue weighted by atomic mass is 16.6. The fourth-order valence-corrected chi connectivity index (χ4v) is 1.65. The number of likely N-dealkylation sites (tertiary alicyclic amines) is 1. The average Bonchev–Trinajstić information content (AvgIpc) is 2.28. The van der Waals surface area contributed by atoms with Crippen LogP contribution >= 0.6 is 0 Å². The Bertz CT molecular complexity index is 383. The monoisotopic (exact) mass is 286 g/mol. The fourth-order valence-electron chi connectivity index (χ4n) is 1.65. The average molecular weight is 286 g/mol. The highest BCUT2D eigenvalue weighted by Gasteiger charge is 2.45. The van der Waals surface area contributed by atoms with Gasteiger partial charge in [0.1, 0.15) is 17.8 Å². The number of β-amino-alcohol motifs (C(OH)–C–C–N with tert-alkyl or cyclic N) is 1. The van der Waals surface area contributed by atoms with E-state index in [2.05, 4.69) is 11.9 Å². The molecule has 0 atom stereocenters. The number of aliphatic hydroxyl groups is 1. The molecule has 0 aromatic rings. The lowest BCUT2D eigenvalue weighted by molar-refractivity contribution is -0.0952. The van der Waals surface area contributed by atoms with Gasteiger partial charge < -0.3 is 24.8 Å². The molecule has 2 amide bonds. The maximum atomic E-state index is 11.7. The number of carbonyl (C=O) groups excluding carboxylic acids is 2. The Morgan fingerprint density at radius 1 is 1.45 bits per heavy atom. The zero-order valence-corrected chi connectivity index (χ0v) is 12.1. The first kappa shape index (κ1) is 16.3. The number of hydrogen-bond acceptors (Lipinski definition) is 5. The summed E-state index contributed by atoms with van der Waals surface area (Å²) in [4.78, 5) is 24.2. The molecule has 0 bridgehead atoms. The van der Waals surface area contributed by atoms with E-state index in [0.717, 1.165) is 0 Å². The first-order valence-electron chi connectivity index (χ1n) is 6.37. The topological polar surface area (TPSA) is 88.1 Å². The minimum Gasteiger partial charge on any atom is -0.445 e. The van der Waals surface area contributed by atoms with Crippen LogP contribution < -0.4 is 5.32 Å². The summed E-state index contributed by atoms with van der Waals surface area (Å²) in [6.45, 7) is 9.08. The Morgan fingerprint density at radius 2 is 2.05 bits per heavy atom. The fraction of sp³-hybridized carbons (Fsp3) is 0.692. The van der Waals surface area contributed by atoms with E-state index in [9.17, 15) is 14.7 Å². The van der Waals surface area contributed by atoms with E-state index in [1.807, 2.05) is 0 Å². The van der Waals surface area contributed by atoms with Crippen molar-refractivity contribution in [2.45, 2.75) is 32.0 Å². The molecular formula is C13H22N2O5. The molecule has 7 heteroatoms. The Balaban J connectivity index is 2.29. The Hall–Kier alpha value is -1.76. The van der Waals surface area contributed by atoms with Crippen LogP contribution in [-0.2, 0) is 9.47 Å².